The molecule has 1 aromatic heterocycles. The van der Waals surface area contributed by atoms with Gasteiger partial charge in [-0.05, 0) is 43.2 Å². The third-order valence-corrected chi connectivity index (χ3v) is 5.03. The Morgan fingerprint density at radius 1 is 1.00 bits per heavy atom. The molecule has 0 amide bonds. The molecule has 3 heteroatoms. The summed E-state index contributed by atoms with van der Waals surface area (Å²) in [5, 5.41) is 13.7. The number of para-hydroxylation sites is 2. The van der Waals surface area contributed by atoms with Crippen molar-refractivity contribution in [3.8, 4) is 5.69 Å². The van der Waals surface area contributed by atoms with Crippen molar-refractivity contribution in [2.24, 2.45) is 0 Å². The van der Waals surface area contributed by atoms with Crippen LogP contribution in [0.15, 0.2) is 72.9 Å². The highest BCUT2D eigenvalue weighted by molar-refractivity contribution is 5.66. The number of anilines is 1. The lowest BCUT2D eigenvalue weighted by molar-refractivity contribution is 0.240. The van der Waals surface area contributed by atoms with Gasteiger partial charge in [0.25, 0.3) is 0 Å². The van der Waals surface area contributed by atoms with Crippen LogP contribution >= 0.6 is 0 Å². The molecule has 0 fully saturated rings. The summed E-state index contributed by atoms with van der Waals surface area (Å²) >= 11 is 0. The van der Waals surface area contributed by atoms with Gasteiger partial charge in [-0.2, -0.15) is 0 Å². The van der Waals surface area contributed by atoms with Gasteiger partial charge in [0.15, 0.2) is 0 Å². The molecule has 0 radical (unpaired) electrons. The smallest absolute Gasteiger partial charge is 0.0758 e. The van der Waals surface area contributed by atoms with Gasteiger partial charge in [0.1, 0.15) is 0 Å². The molecule has 3 nitrogen and oxygen atoms in total. The van der Waals surface area contributed by atoms with E-state index in [0.29, 0.717) is 0 Å². The number of nitrogens with zero attached hydrogens (tertiary/aromatic N) is 1. The standard InChI is InChI=1S/C21H22N2O/c1-21(14-17(15-24)16-8-3-2-4-9-16)20-12-7-13-23(20)19-11-6-5-10-18(19)22-21/h2-13,17,22,24H,14-15H2,1H3. The van der Waals surface area contributed by atoms with Crippen LogP contribution in [0.2, 0.25) is 0 Å². The number of aliphatic hydroxyl groups is 1. The SMILES string of the molecule is CC1(CC(CO)c2ccccc2)Nc2ccccc2-n2cccc21. The number of nitrogens with one attached hydrogen (secondary N) is 1. The Bertz CT molecular complexity index is 840. The molecule has 1 aliphatic rings. The summed E-state index contributed by atoms with van der Waals surface area (Å²) in [6, 6.07) is 22.9. The first kappa shape index (κ1) is 15.0. The van der Waals surface area contributed by atoms with Crippen LogP contribution in [0.4, 0.5) is 5.69 Å². The summed E-state index contributed by atoms with van der Waals surface area (Å²) in [4.78, 5) is 0. The molecule has 1 aliphatic heterocycles. The summed E-state index contributed by atoms with van der Waals surface area (Å²) in [5.41, 5.74) is 4.49. The highest BCUT2D eigenvalue weighted by Gasteiger charge is 2.36. The molecule has 0 saturated carbocycles. The van der Waals surface area contributed by atoms with E-state index in [4.69, 9.17) is 0 Å². The molecule has 3 aromatic rings. The molecule has 2 heterocycles. The Labute approximate surface area is 142 Å². The zero-order valence-corrected chi connectivity index (χ0v) is 13.8. The number of rotatable bonds is 4. The molecule has 122 valence electrons. The average Bonchev–Trinajstić information content (AvgIpc) is 3.12. The largest absolute Gasteiger partial charge is 0.396 e. The number of benzene rings is 2. The van der Waals surface area contributed by atoms with E-state index in [9.17, 15) is 5.11 Å². The van der Waals surface area contributed by atoms with Crippen LogP contribution in [0, 0.1) is 0 Å². The van der Waals surface area contributed by atoms with Crippen LogP contribution in [-0.4, -0.2) is 16.3 Å². The van der Waals surface area contributed by atoms with Crippen molar-refractivity contribution in [2.75, 3.05) is 11.9 Å². The monoisotopic (exact) mass is 318 g/mol. The predicted octanol–water partition coefficient (Wildman–Crippen LogP) is 4.28. The van der Waals surface area contributed by atoms with Crippen molar-refractivity contribution in [1.29, 1.82) is 0 Å². The van der Waals surface area contributed by atoms with Crippen LogP contribution in [0.5, 0.6) is 0 Å². The van der Waals surface area contributed by atoms with Gasteiger partial charge in [-0.3, -0.25) is 0 Å². The molecular formula is C21H22N2O. The van der Waals surface area contributed by atoms with E-state index in [0.717, 1.165) is 12.1 Å². The van der Waals surface area contributed by atoms with Crippen molar-refractivity contribution in [2.45, 2.75) is 24.8 Å². The minimum Gasteiger partial charge on any atom is -0.396 e. The summed E-state index contributed by atoms with van der Waals surface area (Å²) < 4.78 is 2.26. The van der Waals surface area contributed by atoms with E-state index in [2.05, 4.69) is 71.5 Å². The van der Waals surface area contributed by atoms with Gasteiger partial charge in [-0.1, -0.05) is 42.5 Å². The van der Waals surface area contributed by atoms with Gasteiger partial charge >= 0.3 is 0 Å². The number of hydrogen-bond donors (Lipinski definition) is 2. The molecule has 2 atom stereocenters. The highest BCUT2D eigenvalue weighted by Crippen LogP contribution is 2.42. The summed E-state index contributed by atoms with van der Waals surface area (Å²) in [6.07, 6.45) is 2.94. The Morgan fingerprint density at radius 2 is 1.75 bits per heavy atom. The summed E-state index contributed by atoms with van der Waals surface area (Å²) in [7, 11) is 0. The van der Waals surface area contributed by atoms with Crippen LogP contribution in [0.1, 0.15) is 30.5 Å². The molecule has 0 bridgehead atoms. The summed E-state index contributed by atoms with van der Waals surface area (Å²) in [5.74, 6) is 0.0947. The fraction of sp³-hybridized carbons (Fsp3) is 0.238. The molecular weight excluding hydrogens is 296 g/mol. The van der Waals surface area contributed by atoms with Crippen LogP contribution in [0.25, 0.3) is 5.69 Å². The lowest BCUT2D eigenvalue weighted by Crippen LogP contribution is -2.39. The number of hydrogen-bond acceptors (Lipinski definition) is 2. The van der Waals surface area contributed by atoms with E-state index in [1.54, 1.807) is 0 Å². The quantitative estimate of drug-likeness (QED) is 0.753. The fourth-order valence-corrected chi connectivity index (χ4v) is 3.85. The van der Waals surface area contributed by atoms with Crippen LogP contribution < -0.4 is 5.32 Å². The maximum atomic E-state index is 9.98. The molecule has 2 aromatic carbocycles. The van der Waals surface area contributed by atoms with Crippen molar-refractivity contribution in [1.82, 2.24) is 4.57 Å². The van der Waals surface area contributed by atoms with Gasteiger partial charge in [-0.15, -0.1) is 0 Å². The molecule has 0 spiro atoms. The van der Waals surface area contributed by atoms with Gasteiger partial charge in [0.05, 0.1) is 23.5 Å². The second-order valence-corrected chi connectivity index (χ2v) is 6.73. The molecule has 0 aliphatic carbocycles. The van der Waals surface area contributed by atoms with Crippen molar-refractivity contribution in [3.63, 3.8) is 0 Å². The minimum absolute atomic E-state index is 0.0947. The lowest BCUT2D eigenvalue weighted by atomic mass is 9.81. The third kappa shape index (κ3) is 2.42. The zero-order valence-electron chi connectivity index (χ0n) is 13.8. The first-order valence-corrected chi connectivity index (χ1v) is 8.42. The molecule has 4 rings (SSSR count). The normalized spacial score (nSPS) is 19.9. The Balaban J connectivity index is 1.73. The maximum Gasteiger partial charge on any atom is 0.0758 e. The van der Waals surface area contributed by atoms with E-state index >= 15 is 0 Å². The maximum absolute atomic E-state index is 9.98. The van der Waals surface area contributed by atoms with E-state index in [-0.39, 0.29) is 18.1 Å². The van der Waals surface area contributed by atoms with E-state index in [1.165, 1.54) is 16.9 Å². The third-order valence-electron chi connectivity index (χ3n) is 5.03. The van der Waals surface area contributed by atoms with E-state index < -0.39 is 0 Å². The van der Waals surface area contributed by atoms with Gasteiger partial charge in [-0.25, -0.2) is 0 Å². The van der Waals surface area contributed by atoms with Crippen molar-refractivity contribution < 1.29 is 5.11 Å². The highest BCUT2D eigenvalue weighted by atomic mass is 16.3. The van der Waals surface area contributed by atoms with Crippen LogP contribution in [-0.2, 0) is 5.54 Å². The Morgan fingerprint density at radius 3 is 2.54 bits per heavy atom. The van der Waals surface area contributed by atoms with Crippen LogP contribution in [0.3, 0.4) is 0 Å². The van der Waals surface area contributed by atoms with E-state index in [1.807, 2.05) is 18.2 Å². The minimum atomic E-state index is -0.235. The second-order valence-electron chi connectivity index (χ2n) is 6.73. The first-order valence-electron chi connectivity index (χ1n) is 8.42. The number of fused-ring (bicyclic) bond motifs is 3. The molecule has 2 unspecified atom stereocenters. The number of aromatic nitrogens is 1. The van der Waals surface area contributed by atoms with Crippen molar-refractivity contribution >= 4 is 5.69 Å². The lowest BCUT2D eigenvalue weighted by Gasteiger charge is -2.40. The molecule has 0 saturated heterocycles. The number of aliphatic hydroxyl groups excluding tert-OH is 1. The zero-order chi connectivity index (χ0) is 16.6. The molecule has 2 N–H and O–H groups in total. The first-order chi connectivity index (χ1) is 11.7. The van der Waals surface area contributed by atoms with Gasteiger partial charge in [0.2, 0.25) is 0 Å². The van der Waals surface area contributed by atoms with Gasteiger partial charge < -0.3 is 15.0 Å². The van der Waals surface area contributed by atoms with Gasteiger partial charge in [0, 0.05) is 17.8 Å². The predicted molar refractivity (Wildman–Crippen MR) is 97.6 cm³/mol. The fourth-order valence-electron chi connectivity index (χ4n) is 3.85. The topological polar surface area (TPSA) is 37.2 Å². The average molecular weight is 318 g/mol. The second kappa shape index (κ2) is 5.84. The molecule has 24 heavy (non-hydrogen) atoms. The Hall–Kier alpha value is -2.52. The Kier molecular flexibility index (Phi) is 3.66. The van der Waals surface area contributed by atoms with Crippen molar-refractivity contribution in [3.05, 3.63) is 84.2 Å². The summed E-state index contributed by atoms with van der Waals surface area (Å²) in [6.45, 7) is 2.37.